The zero-order chi connectivity index (χ0) is 10.1. The summed E-state index contributed by atoms with van der Waals surface area (Å²) in [6.07, 6.45) is 0. The molecule has 0 saturated heterocycles. The summed E-state index contributed by atoms with van der Waals surface area (Å²) in [7, 11) is 0. The highest BCUT2D eigenvalue weighted by atomic mass is 127. The van der Waals surface area contributed by atoms with E-state index in [1.807, 2.05) is 0 Å². The van der Waals surface area contributed by atoms with Crippen molar-refractivity contribution >= 4 is 22.6 Å². The quantitative estimate of drug-likeness (QED) is 0.814. The molecule has 0 bridgehead atoms. The number of aliphatic hydroxyl groups is 1. The SMILES string of the molecule is CC(N)(CO)c1cc(I)ccc1F. The third-order valence-corrected chi connectivity index (χ3v) is 2.54. The number of benzene rings is 1. The van der Waals surface area contributed by atoms with Crippen molar-refractivity contribution in [1.82, 2.24) is 0 Å². The Bertz CT molecular complexity index is 314. The van der Waals surface area contributed by atoms with Crippen molar-refractivity contribution in [3.63, 3.8) is 0 Å². The normalized spacial score (nSPS) is 15.5. The van der Waals surface area contributed by atoms with E-state index in [2.05, 4.69) is 22.6 Å². The summed E-state index contributed by atoms with van der Waals surface area (Å²) in [5, 5.41) is 8.97. The van der Waals surface area contributed by atoms with E-state index in [0.717, 1.165) is 3.57 Å². The maximum absolute atomic E-state index is 13.3. The van der Waals surface area contributed by atoms with Crippen LogP contribution >= 0.6 is 22.6 Å². The van der Waals surface area contributed by atoms with Crippen LogP contribution in [0.3, 0.4) is 0 Å². The second-order valence-corrected chi connectivity index (χ2v) is 4.45. The van der Waals surface area contributed by atoms with E-state index in [1.165, 1.54) is 6.07 Å². The zero-order valence-corrected chi connectivity index (χ0v) is 9.38. The monoisotopic (exact) mass is 295 g/mol. The maximum atomic E-state index is 13.3. The van der Waals surface area contributed by atoms with Crippen LogP contribution in [0.2, 0.25) is 0 Å². The first kappa shape index (κ1) is 10.9. The molecule has 72 valence electrons. The van der Waals surface area contributed by atoms with Crippen molar-refractivity contribution in [2.75, 3.05) is 6.61 Å². The smallest absolute Gasteiger partial charge is 0.128 e. The Hall–Kier alpha value is -0.200. The van der Waals surface area contributed by atoms with Crippen LogP contribution in [0.15, 0.2) is 18.2 Å². The van der Waals surface area contributed by atoms with Crippen molar-refractivity contribution in [2.45, 2.75) is 12.5 Å². The molecule has 3 N–H and O–H groups in total. The van der Waals surface area contributed by atoms with Crippen LogP contribution in [0.25, 0.3) is 0 Å². The van der Waals surface area contributed by atoms with E-state index in [0.29, 0.717) is 5.56 Å². The first-order valence-electron chi connectivity index (χ1n) is 3.82. The number of rotatable bonds is 2. The molecule has 0 radical (unpaired) electrons. The molecular formula is C9H11FINO. The van der Waals surface area contributed by atoms with Gasteiger partial charge in [0.2, 0.25) is 0 Å². The highest BCUT2D eigenvalue weighted by Crippen LogP contribution is 2.22. The Kier molecular flexibility index (Phi) is 3.26. The molecule has 0 aliphatic carbocycles. The number of hydrogen-bond acceptors (Lipinski definition) is 2. The summed E-state index contributed by atoms with van der Waals surface area (Å²) < 4.78 is 14.2. The molecule has 13 heavy (non-hydrogen) atoms. The standard InChI is InChI=1S/C9H11FINO/c1-9(12,5-13)7-4-6(11)2-3-8(7)10/h2-4,13H,5,12H2,1H3. The van der Waals surface area contributed by atoms with E-state index in [-0.39, 0.29) is 12.4 Å². The summed E-state index contributed by atoms with van der Waals surface area (Å²) in [6.45, 7) is 1.32. The van der Waals surface area contributed by atoms with Crippen molar-refractivity contribution in [3.8, 4) is 0 Å². The van der Waals surface area contributed by atoms with Crippen molar-refractivity contribution < 1.29 is 9.50 Å². The lowest BCUT2D eigenvalue weighted by Gasteiger charge is -2.22. The molecule has 1 aromatic rings. The predicted molar refractivity (Wildman–Crippen MR) is 57.7 cm³/mol. The van der Waals surface area contributed by atoms with Crippen LogP contribution in [0, 0.1) is 9.39 Å². The van der Waals surface area contributed by atoms with Gasteiger partial charge in [-0.2, -0.15) is 0 Å². The fourth-order valence-corrected chi connectivity index (χ4v) is 1.51. The van der Waals surface area contributed by atoms with Gasteiger partial charge in [0.25, 0.3) is 0 Å². The number of hydrogen-bond donors (Lipinski definition) is 2. The van der Waals surface area contributed by atoms with Gasteiger partial charge in [-0.05, 0) is 47.7 Å². The molecule has 0 fully saturated rings. The second kappa shape index (κ2) is 3.89. The Labute approximate surface area is 90.1 Å². The first-order valence-corrected chi connectivity index (χ1v) is 4.90. The van der Waals surface area contributed by atoms with Crippen molar-refractivity contribution in [1.29, 1.82) is 0 Å². The van der Waals surface area contributed by atoms with Crippen LogP contribution in [-0.4, -0.2) is 11.7 Å². The summed E-state index contributed by atoms with van der Waals surface area (Å²) in [4.78, 5) is 0. The van der Waals surface area contributed by atoms with Gasteiger partial charge >= 0.3 is 0 Å². The van der Waals surface area contributed by atoms with Gasteiger partial charge in [0, 0.05) is 9.13 Å². The highest BCUT2D eigenvalue weighted by molar-refractivity contribution is 14.1. The van der Waals surface area contributed by atoms with E-state index < -0.39 is 5.54 Å². The molecular weight excluding hydrogens is 284 g/mol. The molecule has 0 aliphatic heterocycles. The molecule has 1 aromatic carbocycles. The van der Waals surface area contributed by atoms with Gasteiger partial charge in [-0.25, -0.2) is 4.39 Å². The molecule has 0 aliphatic rings. The largest absolute Gasteiger partial charge is 0.394 e. The van der Waals surface area contributed by atoms with Gasteiger partial charge in [0.15, 0.2) is 0 Å². The van der Waals surface area contributed by atoms with Crippen LogP contribution in [0.4, 0.5) is 4.39 Å². The third kappa shape index (κ3) is 2.38. The van der Waals surface area contributed by atoms with E-state index >= 15 is 0 Å². The first-order chi connectivity index (χ1) is 5.97. The van der Waals surface area contributed by atoms with Gasteiger partial charge in [0.05, 0.1) is 12.1 Å². The highest BCUT2D eigenvalue weighted by Gasteiger charge is 2.23. The third-order valence-electron chi connectivity index (χ3n) is 1.87. The van der Waals surface area contributed by atoms with Gasteiger partial charge in [-0.15, -0.1) is 0 Å². The molecule has 0 amide bonds. The fraction of sp³-hybridized carbons (Fsp3) is 0.333. The average Bonchev–Trinajstić information content (AvgIpc) is 2.09. The Morgan fingerprint density at radius 3 is 2.77 bits per heavy atom. The Morgan fingerprint density at radius 2 is 2.23 bits per heavy atom. The lowest BCUT2D eigenvalue weighted by molar-refractivity contribution is 0.206. The minimum absolute atomic E-state index is 0.274. The van der Waals surface area contributed by atoms with Crippen LogP contribution in [-0.2, 0) is 5.54 Å². The minimum Gasteiger partial charge on any atom is -0.394 e. The number of aliphatic hydroxyl groups excluding tert-OH is 1. The molecule has 0 heterocycles. The van der Waals surface area contributed by atoms with E-state index in [4.69, 9.17) is 10.8 Å². The predicted octanol–water partition coefficient (Wildman–Crippen LogP) is 1.60. The molecule has 2 nitrogen and oxygen atoms in total. The summed E-state index contributed by atoms with van der Waals surface area (Å²) in [5.41, 5.74) is 5.05. The number of halogens is 2. The van der Waals surface area contributed by atoms with Crippen molar-refractivity contribution in [3.05, 3.63) is 33.1 Å². The average molecular weight is 295 g/mol. The van der Waals surface area contributed by atoms with Crippen molar-refractivity contribution in [2.24, 2.45) is 5.73 Å². The topological polar surface area (TPSA) is 46.2 Å². The van der Waals surface area contributed by atoms with Gasteiger partial charge in [0.1, 0.15) is 5.82 Å². The zero-order valence-electron chi connectivity index (χ0n) is 7.22. The van der Waals surface area contributed by atoms with Gasteiger partial charge in [-0.1, -0.05) is 0 Å². The van der Waals surface area contributed by atoms with Crippen LogP contribution < -0.4 is 5.73 Å². The van der Waals surface area contributed by atoms with Gasteiger partial charge in [-0.3, -0.25) is 0 Å². The molecule has 1 rings (SSSR count). The molecule has 0 saturated carbocycles. The molecule has 0 aromatic heterocycles. The molecule has 1 atom stereocenters. The molecule has 1 unspecified atom stereocenters. The molecule has 4 heteroatoms. The van der Waals surface area contributed by atoms with E-state index in [9.17, 15) is 4.39 Å². The lowest BCUT2D eigenvalue weighted by atomic mass is 9.94. The molecule has 0 spiro atoms. The van der Waals surface area contributed by atoms with E-state index in [1.54, 1.807) is 19.1 Å². The Morgan fingerprint density at radius 1 is 1.62 bits per heavy atom. The van der Waals surface area contributed by atoms with Crippen LogP contribution in [0.5, 0.6) is 0 Å². The maximum Gasteiger partial charge on any atom is 0.128 e. The summed E-state index contributed by atoms with van der Waals surface area (Å²) in [6, 6.07) is 4.66. The summed E-state index contributed by atoms with van der Waals surface area (Å²) in [5.74, 6) is -0.375. The minimum atomic E-state index is -1.01. The lowest BCUT2D eigenvalue weighted by Crippen LogP contribution is -2.37. The second-order valence-electron chi connectivity index (χ2n) is 3.20. The summed E-state index contributed by atoms with van der Waals surface area (Å²) >= 11 is 2.07. The van der Waals surface area contributed by atoms with Gasteiger partial charge < -0.3 is 10.8 Å². The van der Waals surface area contributed by atoms with Crippen LogP contribution in [0.1, 0.15) is 12.5 Å². The fourth-order valence-electron chi connectivity index (χ4n) is 1.02. The number of nitrogens with two attached hydrogens (primary N) is 1. The Balaban J connectivity index is 3.20.